The van der Waals surface area contributed by atoms with Gasteiger partial charge in [-0.05, 0) is 32.4 Å². The van der Waals surface area contributed by atoms with E-state index in [0.29, 0.717) is 29.1 Å². The van der Waals surface area contributed by atoms with Gasteiger partial charge in [0.25, 0.3) is 5.56 Å². The monoisotopic (exact) mass is 376 g/mol. The second kappa shape index (κ2) is 9.38. The Hall–Kier alpha value is -2.35. The molecule has 2 rings (SSSR count). The van der Waals surface area contributed by atoms with E-state index in [1.807, 2.05) is 12.1 Å². The van der Waals surface area contributed by atoms with Crippen LogP contribution in [0.5, 0.6) is 0 Å². The van der Waals surface area contributed by atoms with Crippen molar-refractivity contribution >= 4 is 34.6 Å². The van der Waals surface area contributed by atoms with Crippen molar-refractivity contribution in [2.75, 3.05) is 6.54 Å². The number of para-hydroxylation sites is 1. The van der Waals surface area contributed by atoms with Crippen LogP contribution in [0.3, 0.4) is 0 Å². The fourth-order valence-corrected chi connectivity index (χ4v) is 3.32. The highest BCUT2D eigenvalue weighted by molar-refractivity contribution is 8.00. The summed E-state index contributed by atoms with van der Waals surface area (Å²) in [6, 6.07) is 6.65. The lowest BCUT2D eigenvalue weighted by Gasteiger charge is -2.16. The Morgan fingerprint density at radius 1 is 1.27 bits per heavy atom. The van der Waals surface area contributed by atoms with Crippen molar-refractivity contribution in [3.05, 3.63) is 34.6 Å². The van der Waals surface area contributed by atoms with Crippen molar-refractivity contribution in [3.8, 4) is 0 Å². The van der Waals surface area contributed by atoms with Crippen molar-refractivity contribution in [2.45, 2.75) is 50.6 Å². The molecule has 1 aromatic carbocycles. The van der Waals surface area contributed by atoms with Gasteiger partial charge in [0.05, 0.1) is 16.2 Å². The molecular weight excluding hydrogens is 352 g/mol. The summed E-state index contributed by atoms with van der Waals surface area (Å²) < 4.78 is 1.62. The Morgan fingerprint density at radius 3 is 2.69 bits per heavy atom. The lowest BCUT2D eigenvalue weighted by molar-refractivity contribution is -0.119. The van der Waals surface area contributed by atoms with Gasteiger partial charge in [-0.2, -0.15) is 0 Å². The largest absolute Gasteiger partial charge is 0.338 e. The summed E-state index contributed by atoms with van der Waals surface area (Å²) in [5, 5.41) is 5.29. The van der Waals surface area contributed by atoms with E-state index in [1.165, 1.54) is 11.8 Å². The first-order valence-corrected chi connectivity index (χ1v) is 9.60. The zero-order chi connectivity index (χ0) is 19.1. The van der Waals surface area contributed by atoms with Crippen LogP contribution in [-0.2, 0) is 11.3 Å². The van der Waals surface area contributed by atoms with Gasteiger partial charge >= 0.3 is 6.03 Å². The van der Waals surface area contributed by atoms with Gasteiger partial charge in [-0.25, -0.2) is 9.78 Å². The number of imide groups is 1. The fraction of sp³-hybridized carbons (Fsp3) is 0.444. The van der Waals surface area contributed by atoms with Crippen molar-refractivity contribution in [3.63, 3.8) is 0 Å². The number of hydrogen-bond donors (Lipinski definition) is 2. The highest BCUT2D eigenvalue weighted by atomic mass is 32.2. The summed E-state index contributed by atoms with van der Waals surface area (Å²) in [6.07, 6.45) is 1.78. The molecular formula is C18H24N4O3S. The standard InChI is InChI=1S/C18H24N4O3S/c1-4-6-11-22-16(24)13-9-7-8-10-14(13)20-18(22)26-12(3)15(23)21-17(25)19-5-2/h7-10,12H,4-6,11H2,1-3H3,(H2,19,21,23,25). The highest BCUT2D eigenvalue weighted by Crippen LogP contribution is 2.23. The highest BCUT2D eigenvalue weighted by Gasteiger charge is 2.20. The van der Waals surface area contributed by atoms with Crippen LogP contribution in [0.2, 0.25) is 0 Å². The van der Waals surface area contributed by atoms with Crippen LogP contribution in [-0.4, -0.2) is 33.3 Å². The molecule has 2 aromatic rings. The molecule has 26 heavy (non-hydrogen) atoms. The SMILES string of the molecule is CCCCn1c(SC(C)C(=O)NC(=O)NCC)nc2ccccc2c1=O. The molecule has 7 nitrogen and oxygen atoms in total. The average Bonchev–Trinajstić information content (AvgIpc) is 2.61. The molecule has 0 fully saturated rings. The molecule has 0 saturated heterocycles. The zero-order valence-electron chi connectivity index (χ0n) is 15.2. The number of urea groups is 1. The van der Waals surface area contributed by atoms with Crippen LogP contribution >= 0.6 is 11.8 Å². The van der Waals surface area contributed by atoms with Crippen LogP contribution in [0, 0.1) is 0 Å². The summed E-state index contributed by atoms with van der Waals surface area (Å²) in [6.45, 7) is 6.48. The molecule has 0 aliphatic carbocycles. The molecule has 140 valence electrons. The van der Waals surface area contributed by atoms with E-state index in [2.05, 4.69) is 22.5 Å². The molecule has 0 radical (unpaired) electrons. The van der Waals surface area contributed by atoms with Gasteiger partial charge in [-0.3, -0.25) is 19.5 Å². The maximum atomic E-state index is 12.8. The van der Waals surface area contributed by atoms with E-state index in [0.717, 1.165) is 12.8 Å². The van der Waals surface area contributed by atoms with Gasteiger partial charge < -0.3 is 5.32 Å². The number of unbranched alkanes of at least 4 members (excludes halogenated alkanes) is 1. The molecule has 0 bridgehead atoms. The molecule has 0 aliphatic heterocycles. The summed E-state index contributed by atoms with van der Waals surface area (Å²) in [5.41, 5.74) is 0.493. The maximum absolute atomic E-state index is 12.8. The fourth-order valence-electron chi connectivity index (χ4n) is 2.38. The summed E-state index contributed by atoms with van der Waals surface area (Å²) in [4.78, 5) is 41.1. The molecule has 3 amide bonds. The van der Waals surface area contributed by atoms with Gasteiger partial charge in [0.2, 0.25) is 5.91 Å². The second-order valence-electron chi connectivity index (χ2n) is 5.83. The Kier molecular flexibility index (Phi) is 7.20. The number of fused-ring (bicyclic) bond motifs is 1. The summed E-state index contributed by atoms with van der Waals surface area (Å²) >= 11 is 1.18. The first-order chi connectivity index (χ1) is 12.5. The van der Waals surface area contributed by atoms with Crippen molar-refractivity contribution in [2.24, 2.45) is 0 Å². The van der Waals surface area contributed by atoms with Gasteiger partial charge in [-0.1, -0.05) is 37.2 Å². The van der Waals surface area contributed by atoms with Crippen molar-refractivity contribution < 1.29 is 9.59 Å². The minimum Gasteiger partial charge on any atom is -0.338 e. The molecule has 0 saturated carbocycles. The van der Waals surface area contributed by atoms with Crippen LogP contribution in [0.15, 0.2) is 34.2 Å². The van der Waals surface area contributed by atoms with E-state index < -0.39 is 17.2 Å². The third kappa shape index (κ3) is 4.85. The summed E-state index contributed by atoms with van der Waals surface area (Å²) in [7, 11) is 0. The Bertz CT molecular complexity index is 850. The number of thioether (sulfide) groups is 1. The molecule has 1 aromatic heterocycles. The predicted molar refractivity (Wildman–Crippen MR) is 103 cm³/mol. The molecule has 1 unspecified atom stereocenters. The second-order valence-corrected chi connectivity index (χ2v) is 7.14. The normalized spacial score (nSPS) is 12.0. The quantitative estimate of drug-likeness (QED) is 0.572. The van der Waals surface area contributed by atoms with Gasteiger partial charge in [0.15, 0.2) is 5.16 Å². The third-order valence-corrected chi connectivity index (χ3v) is 4.88. The Morgan fingerprint density at radius 2 is 2.00 bits per heavy atom. The number of hydrogen-bond acceptors (Lipinski definition) is 5. The number of carbonyl (C=O) groups is 2. The molecule has 1 atom stereocenters. The number of aromatic nitrogens is 2. The van der Waals surface area contributed by atoms with Crippen molar-refractivity contribution in [1.29, 1.82) is 0 Å². The van der Waals surface area contributed by atoms with Crippen LogP contribution in [0.1, 0.15) is 33.6 Å². The molecule has 0 spiro atoms. The van der Waals surface area contributed by atoms with Crippen LogP contribution < -0.4 is 16.2 Å². The smallest absolute Gasteiger partial charge is 0.321 e. The van der Waals surface area contributed by atoms with Crippen molar-refractivity contribution in [1.82, 2.24) is 20.2 Å². The number of carbonyl (C=O) groups excluding carboxylic acids is 2. The van der Waals surface area contributed by atoms with Gasteiger partial charge in [-0.15, -0.1) is 0 Å². The Labute approximate surface area is 156 Å². The number of rotatable bonds is 7. The van der Waals surface area contributed by atoms with Gasteiger partial charge in [0.1, 0.15) is 0 Å². The number of nitrogens with one attached hydrogen (secondary N) is 2. The Balaban J connectivity index is 2.30. The first-order valence-electron chi connectivity index (χ1n) is 8.72. The van der Waals surface area contributed by atoms with Crippen LogP contribution in [0.4, 0.5) is 4.79 Å². The van der Waals surface area contributed by atoms with E-state index in [4.69, 9.17) is 0 Å². The topological polar surface area (TPSA) is 93.1 Å². The average molecular weight is 376 g/mol. The maximum Gasteiger partial charge on any atom is 0.321 e. The van der Waals surface area contributed by atoms with E-state index in [-0.39, 0.29) is 5.56 Å². The zero-order valence-corrected chi connectivity index (χ0v) is 16.1. The predicted octanol–water partition coefficient (Wildman–Crippen LogP) is 2.52. The lowest BCUT2D eigenvalue weighted by Crippen LogP contribution is -2.42. The number of nitrogens with zero attached hydrogens (tertiary/aromatic N) is 2. The lowest BCUT2D eigenvalue weighted by atomic mass is 10.2. The minimum atomic E-state index is -0.571. The number of benzene rings is 1. The molecule has 0 aliphatic rings. The van der Waals surface area contributed by atoms with Gasteiger partial charge in [0, 0.05) is 13.1 Å². The number of amides is 3. The van der Waals surface area contributed by atoms with Crippen LogP contribution in [0.25, 0.3) is 10.9 Å². The molecule has 2 N–H and O–H groups in total. The summed E-state index contributed by atoms with van der Waals surface area (Å²) in [5.74, 6) is -0.426. The van der Waals surface area contributed by atoms with E-state index in [9.17, 15) is 14.4 Å². The van der Waals surface area contributed by atoms with E-state index >= 15 is 0 Å². The molecule has 8 heteroatoms. The minimum absolute atomic E-state index is 0.108. The third-order valence-electron chi connectivity index (χ3n) is 3.79. The molecule has 1 heterocycles. The first kappa shape index (κ1) is 20.0. The van der Waals surface area contributed by atoms with E-state index in [1.54, 1.807) is 30.5 Å².